The Hall–Kier alpha value is -1.86. The van der Waals surface area contributed by atoms with Crippen LogP contribution in [0.1, 0.15) is 16.7 Å². The predicted molar refractivity (Wildman–Crippen MR) is 59.6 cm³/mol. The molecule has 0 fully saturated rings. The Kier molecular flexibility index (Phi) is 4.03. The van der Waals surface area contributed by atoms with Crippen LogP contribution in [0.3, 0.4) is 0 Å². The number of carbonyl (C=O) groups is 1. The molecule has 1 aromatic rings. The van der Waals surface area contributed by atoms with Gasteiger partial charge in [-0.2, -0.15) is 5.26 Å². The number of benzene rings is 1. The van der Waals surface area contributed by atoms with Gasteiger partial charge < -0.3 is 10.5 Å². The van der Waals surface area contributed by atoms with E-state index in [4.69, 9.17) is 11.0 Å². The summed E-state index contributed by atoms with van der Waals surface area (Å²) in [5.41, 5.74) is 8.18. The molecule has 0 bridgehead atoms. The number of hydrogen-bond acceptors (Lipinski definition) is 4. The lowest BCUT2D eigenvalue weighted by molar-refractivity contribution is -0.142. The van der Waals surface area contributed by atoms with E-state index in [-0.39, 0.29) is 0 Å². The van der Waals surface area contributed by atoms with Gasteiger partial charge >= 0.3 is 5.97 Å². The zero-order valence-electron chi connectivity index (χ0n) is 9.36. The zero-order chi connectivity index (χ0) is 12.1. The van der Waals surface area contributed by atoms with Crippen LogP contribution in [-0.4, -0.2) is 19.1 Å². The molecule has 0 aliphatic heterocycles. The van der Waals surface area contributed by atoms with Gasteiger partial charge in [-0.15, -0.1) is 0 Å². The van der Waals surface area contributed by atoms with Gasteiger partial charge in [-0.3, -0.25) is 4.79 Å². The highest BCUT2D eigenvalue weighted by molar-refractivity contribution is 5.75. The van der Waals surface area contributed by atoms with Crippen molar-refractivity contribution in [2.24, 2.45) is 5.73 Å². The van der Waals surface area contributed by atoms with Gasteiger partial charge in [-0.25, -0.2) is 0 Å². The quantitative estimate of drug-likeness (QED) is 0.765. The first-order chi connectivity index (χ1) is 7.58. The lowest BCUT2D eigenvalue weighted by Gasteiger charge is -2.11. The SMILES string of the molecule is COC(=O)[C@@H](N)Cc1ccc(C#N)cc1C. The van der Waals surface area contributed by atoms with Crippen LogP contribution in [0.5, 0.6) is 0 Å². The summed E-state index contributed by atoms with van der Waals surface area (Å²) >= 11 is 0. The van der Waals surface area contributed by atoms with Gasteiger partial charge in [0.1, 0.15) is 6.04 Å². The monoisotopic (exact) mass is 218 g/mol. The number of nitrogens with two attached hydrogens (primary N) is 1. The molecular formula is C12H14N2O2. The maximum Gasteiger partial charge on any atom is 0.322 e. The molecule has 1 rings (SSSR count). The molecule has 0 saturated carbocycles. The van der Waals surface area contributed by atoms with E-state index in [2.05, 4.69) is 10.8 Å². The van der Waals surface area contributed by atoms with Crippen LogP contribution in [0.2, 0.25) is 0 Å². The van der Waals surface area contributed by atoms with Gasteiger partial charge in [0.05, 0.1) is 18.7 Å². The van der Waals surface area contributed by atoms with Crippen molar-refractivity contribution in [2.75, 3.05) is 7.11 Å². The fourth-order valence-electron chi connectivity index (χ4n) is 1.47. The maximum atomic E-state index is 11.2. The average Bonchev–Trinajstić information content (AvgIpc) is 2.30. The van der Waals surface area contributed by atoms with Crippen LogP contribution < -0.4 is 5.73 Å². The van der Waals surface area contributed by atoms with Crippen molar-refractivity contribution in [3.05, 3.63) is 34.9 Å². The topological polar surface area (TPSA) is 76.1 Å². The molecule has 0 radical (unpaired) electrons. The number of rotatable bonds is 3. The first kappa shape index (κ1) is 12.2. The van der Waals surface area contributed by atoms with E-state index in [0.717, 1.165) is 11.1 Å². The van der Waals surface area contributed by atoms with E-state index in [9.17, 15) is 4.79 Å². The number of esters is 1. The Morgan fingerprint density at radius 1 is 1.62 bits per heavy atom. The summed E-state index contributed by atoms with van der Waals surface area (Å²) in [6.07, 6.45) is 0.421. The minimum absolute atomic E-state index is 0.421. The fourth-order valence-corrected chi connectivity index (χ4v) is 1.47. The number of methoxy groups -OCH3 is 1. The van der Waals surface area contributed by atoms with Gasteiger partial charge in [0.2, 0.25) is 0 Å². The molecule has 0 amide bonds. The predicted octanol–water partition coefficient (Wildman–Crippen LogP) is 0.909. The second-order valence-electron chi connectivity index (χ2n) is 3.59. The van der Waals surface area contributed by atoms with Crippen LogP contribution >= 0.6 is 0 Å². The standard InChI is InChI=1S/C12H14N2O2/c1-8-5-9(7-13)3-4-10(8)6-11(14)12(15)16-2/h3-5,11H,6,14H2,1-2H3/t11-/m0/s1. The van der Waals surface area contributed by atoms with E-state index in [1.54, 1.807) is 12.1 Å². The molecule has 0 aliphatic carbocycles. The minimum Gasteiger partial charge on any atom is -0.468 e. The number of hydrogen-bond donors (Lipinski definition) is 1. The van der Waals surface area contributed by atoms with Crippen LogP contribution in [0.25, 0.3) is 0 Å². The Morgan fingerprint density at radius 2 is 2.31 bits per heavy atom. The zero-order valence-corrected chi connectivity index (χ0v) is 9.36. The first-order valence-corrected chi connectivity index (χ1v) is 4.91. The highest BCUT2D eigenvalue weighted by Gasteiger charge is 2.15. The largest absolute Gasteiger partial charge is 0.468 e. The third-order valence-corrected chi connectivity index (χ3v) is 2.42. The number of carbonyl (C=O) groups excluding carboxylic acids is 1. The number of nitriles is 1. The van der Waals surface area contributed by atoms with E-state index >= 15 is 0 Å². The van der Waals surface area contributed by atoms with Crippen LogP contribution in [0.15, 0.2) is 18.2 Å². The average molecular weight is 218 g/mol. The number of aryl methyl sites for hydroxylation is 1. The van der Waals surface area contributed by atoms with Crippen LogP contribution in [0.4, 0.5) is 0 Å². The Labute approximate surface area is 94.6 Å². The molecule has 0 spiro atoms. The van der Waals surface area contributed by atoms with Crippen LogP contribution in [0, 0.1) is 18.3 Å². The normalized spacial score (nSPS) is 11.6. The van der Waals surface area contributed by atoms with Gasteiger partial charge in [0, 0.05) is 0 Å². The molecule has 84 valence electrons. The van der Waals surface area contributed by atoms with Crippen molar-refractivity contribution >= 4 is 5.97 Å². The highest BCUT2D eigenvalue weighted by atomic mass is 16.5. The molecular weight excluding hydrogens is 204 g/mol. The lowest BCUT2D eigenvalue weighted by atomic mass is 9.99. The third-order valence-electron chi connectivity index (χ3n) is 2.42. The summed E-state index contributed by atoms with van der Waals surface area (Å²) in [5.74, 6) is -0.427. The van der Waals surface area contributed by atoms with Crippen molar-refractivity contribution in [2.45, 2.75) is 19.4 Å². The van der Waals surface area contributed by atoms with E-state index in [0.29, 0.717) is 12.0 Å². The van der Waals surface area contributed by atoms with E-state index in [1.165, 1.54) is 7.11 Å². The third kappa shape index (κ3) is 2.81. The summed E-state index contributed by atoms with van der Waals surface area (Å²) in [4.78, 5) is 11.2. The second-order valence-corrected chi connectivity index (χ2v) is 3.59. The molecule has 16 heavy (non-hydrogen) atoms. The Bertz CT molecular complexity index is 435. The van der Waals surface area contributed by atoms with Crippen molar-refractivity contribution in [3.63, 3.8) is 0 Å². The molecule has 1 aromatic carbocycles. The summed E-state index contributed by atoms with van der Waals surface area (Å²) in [5, 5.41) is 8.71. The molecule has 4 nitrogen and oxygen atoms in total. The van der Waals surface area contributed by atoms with Crippen molar-refractivity contribution in [1.29, 1.82) is 5.26 Å². The first-order valence-electron chi connectivity index (χ1n) is 4.91. The highest BCUT2D eigenvalue weighted by Crippen LogP contribution is 2.12. The molecule has 1 atom stereocenters. The van der Waals surface area contributed by atoms with E-state index < -0.39 is 12.0 Å². The van der Waals surface area contributed by atoms with Gasteiger partial charge in [0.25, 0.3) is 0 Å². The lowest BCUT2D eigenvalue weighted by Crippen LogP contribution is -2.33. The molecule has 2 N–H and O–H groups in total. The molecule has 0 heterocycles. The van der Waals surface area contributed by atoms with Crippen molar-refractivity contribution in [1.82, 2.24) is 0 Å². The van der Waals surface area contributed by atoms with E-state index in [1.807, 2.05) is 13.0 Å². The Morgan fingerprint density at radius 3 is 2.81 bits per heavy atom. The van der Waals surface area contributed by atoms with Crippen molar-refractivity contribution < 1.29 is 9.53 Å². The summed E-state index contributed by atoms with van der Waals surface area (Å²) in [6.45, 7) is 1.89. The molecule has 0 saturated heterocycles. The second kappa shape index (κ2) is 5.29. The summed E-state index contributed by atoms with van der Waals surface area (Å²) in [6, 6.07) is 6.71. The van der Waals surface area contributed by atoms with Crippen molar-refractivity contribution in [3.8, 4) is 6.07 Å². The molecule has 0 unspecified atom stereocenters. The molecule has 0 aromatic heterocycles. The minimum atomic E-state index is -0.656. The van der Waals surface area contributed by atoms with Gasteiger partial charge in [0.15, 0.2) is 0 Å². The molecule has 4 heteroatoms. The summed E-state index contributed by atoms with van der Waals surface area (Å²) in [7, 11) is 1.31. The van der Waals surface area contributed by atoms with Gasteiger partial charge in [-0.05, 0) is 36.6 Å². The Balaban J connectivity index is 2.83. The smallest absolute Gasteiger partial charge is 0.322 e. The maximum absolute atomic E-state index is 11.2. The van der Waals surface area contributed by atoms with Crippen LogP contribution in [-0.2, 0) is 16.0 Å². The number of nitrogens with zero attached hydrogens (tertiary/aromatic N) is 1. The van der Waals surface area contributed by atoms with Gasteiger partial charge in [-0.1, -0.05) is 6.07 Å². The fraction of sp³-hybridized carbons (Fsp3) is 0.333. The number of ether oxygens (including phenoxy) is 1. The molecule has 0 aliphatic rings. The summed E-state index contributed by atoms with van der Waals surface area (Å²) < 4.78 is 4.55.